The summed E-state index contributed by atoms with van der Waals surface area (Å²) in [6.45, 7) is 4.14. The first-order chi connectivity index (χ1) is 13.7. The van der Waals surface area contributed by atoms with Gasteiger partial charge >= 0.3 is 0 Å². The second-order valence-electron chi connectivity index (χ2n) is 7.40. The lowest BCUT2D eigenvalue weighted by molar-refractivity contribution is -0.132. The van der Waals surface area contributed by atoms with Crippen LogP contribution < -0.4 is 0 Å². The van der Waals surface area contributed by atoms with Crippen molar-refractivity contribution >= 4 is 5.91 Å². The van der Waals surface area contributed by atoms with E-state index in [4.69, 9.17) is 0 Å². The first-order valence-electron chi connectivity index (χ1n) is 10.1. The molecule has 1 aromatic carbocycles. The maximum atomic E-state index is 12.9. The summed E-state index contributed by atoms with van der Waals surface area (Å²) in [5.41, 5.74) is 3.53. The van der Waals surface area contributed by atoms with Crippen LogP contribution in [-0.2, 0) is 30.7 Å². The Kier molecular flexibility index (Phi) is 5.55. The second-order valence-corrected chi connectivity index (χ2v) is 7.40. The van der Waals surface area contributed by atoms with E-state index in [0.29, 0.717) is 19.5 Å². The summed E-state index contributed by atoms with van der Waals surface area (Å²) in [5, 5.41) is 0. The topological polar surface area (TPSA) is 66.8 Å². The molecule has 0 fully saturated rings. The number of hydrogen-bond donors (Lipinski definition) is 1. The highest BCUT2D eigenvalue weighted by Gasteiger charge is 2.29. The monoisotopic (exact) mass is 377 g/mol. The molecular weight excluding hydrogens is 350 g/mol. The summed E-state index contributed by atoms with van der Waals surface area (Å²) in [7, 11) is 0. The lowest BCUT2D eigenvalue weighted by atomic mass is 9.91. The lowest BCUT2D eigenvalue weighted by Crippen LogP contribution is -2.39. The van der Waals surface area contributed by atoms with Gasteiger partial charge in [0.2, 0.25) is 5.91 Å². The third kappa shape index (κ3) is 4.01. The van der Waals surface area contributed by atoms with Crippen molar-refractivity contribution in [2.24, 2.45) is 0 Å². The van der Waals surface area contributed by atoms with E-state index in [2.05, 4.69) is 50.7 Å². The summed E-state index contributed by atoms with van der Waals surface area (Å²) in [5.74, 6) is 1.50. The van der Waals surface area contributed by atoms with Crippen LogP contribution in [0.1, 0.15) is 48.5 Å². The van der Waals surface area contributed by atoms with Gasteiger partial charge in [-0.25, -0.2) is 9.97 Å². The highest BCUT2D eigenvalue weighted by atomic mass is 16.2. The van der Waals surface area contributed by atoms with E-state index >= 15 is 0 Å². The van der Waals surface area contributed by atoms with Gasteiger partial charge in [-0.2, -0.15) is 0 Å². The smallest absolute Gasteiger partial charge is 0.224 e. The molecule has 3 heterocycles. The van der Waals surface area contributed by atoms with E-state index in [1.807, 2.05) is 17.2 Å². The number of carbonyl (C=O) groups excluding carboxylic acids is 1. The number of fused-ring (bicyclic) bond motifs is 1. The standard InChI is InChI=1S/C22H27N5O/c1-2-20-23-11-13-26(20)12-10-21(28)27-14-18(22-19(15-27)24-16-25-22)9-8-17-6-4-3-5-7-17/h3-7,11,13,16,18H,2,8-10,12,14-15H2,1H3,(H,24,25). The summed E-state index contributed by atoms with van der Waals surface area (Å²) >= 11 is 0. The molecule has 0 spiro atoms. The SMILES string of the molecule is CCc1nccn1CCC(=O)N1Cc2[nH]cnc2C(CCc2ccccc2)C1. The van der Waals surface area contributed by atoms with Crippen molar-refractivity contribution in [2.45, 2.75) is 51.6 Å². The molecular formula is C22H27N5O. The van der Waals surface area contributed by atoms with Gasteiger partial charge in [-0.3, -0.25) is 4.79 Å². The van der Waals surface area contributed by atoms with E-state index in [1.54, 1.807) is 12.5 Å². The number of rotatable bonds is 7. The largest absolute Gasteiger partial charge is 0.347 e. The number of amides is 1. The fraction of sp³-hybridized carbons (Fsp3) is 0.409. The van der Waals surface area contributed by atoms with E-state index in [-0.39, 0.29) is 11.8 Å². The number of aryl methyl sites for hydroxylation is 3. The number of imidazole rings is 2. The highest BCUT2D eigenvalue weighted by molar-refractivity contribution is 5.76. The Morgan fingerprint density at radius 2 is 2.11 bits per heavy atom. The molecule has 6 heteroatoms. The normalized spacial score (nSPS) is 16.2. The average molecular weight is 377 g/mol. The Balaban J connectivity index is 1.40. The second kappa shape index (κ2) is 8.42. The number of nitrogens with one attached hydrogen (secondary N) is 1. The van der Waals surface area contributed by atoms with Crippen LogP contribution in [0.25, 0.3) is 0 Å². The van der Waals surface area contributed by atoms with Crippen molar-refractivity contribution in [2.75, 3.05) is 6.54 Å². The molecule has 4 rings (SSSR count). The van der Waals surface area contributed by atoms with Gasteiger partial charge in [0.25, 0.3) is 0 Å². The number of benzene rings is 1. The minimum atomic E-state index is 0.195. The zero-order chi connectivity index (χ0) is 19.3. The number of aromatic amines is 1. The number of hydrogen-bond acceptors (Lipinski definition) is 3. The number of carbonyl (C=O) groups is 1. The Labute approximate surface area is 165 Å². The van der Waals surface area contributed by atoms with Gasteiger partial charge in [0, 0.05) is 44.2 Å². The maximum absolute atomic E-state index is 12.9. The third-order valence-corrected chi connectivity index (χ3v) is 5.59. The predicted octanol–water partition coefficient (Wildman–Crippen LogP) is 3.32. The Bertz CT molecular complexity index is 914. The predicted molar refractivity (Wildman–Crippen MR) is 108 cm³/mol. The Morgan fingerprint density at radius 3 is 2.93 bits per heavy atom. The zero-order valence-electron chi connectivity index (χ0n) is 16.3. The molecule has 6 nitrogen and oxygen atoms in total. The van der Waals surface area contributed by atoms with Gasteiger partial charge in [-0.1, -0.05) is 37.3 Å². The van der Waals surface area contributed by atoms with Crippen molar-refractivity contribution in [1.29, 1.82) is 0 Å². The summed E-state index contributed by atoms with van der Waals surface area (Å²) in [4.78, 5) is 27.0. The Morgan fingerprint density at radius 1 is 1.25 bits per heavy atom. The van der Waals surface area contributed by atoms with E-state index < -0.39 is 0 Å². The quantitative estimate of drug-likeness (QED) is 0.687. The fourth-order valence-corrected chi connectivity index (χ4v) is 4.05. The van der Waals surface area contributed by atoms with Crippen molar-refractivity contribution in [3.05, 3.63) is 71.8 Å². The van der Waals surface area contributed by atoms with Crippen LogP contribution in [0.2, 0.25) is 0 Å². The summed E-state index contributed by atoms with van der Waals surface area (Å²) < 4.78 is 2.08. The van der Waals surface area contributed by atoms with Gasteiger partial charge in [0.15, 0.2) is 0 Å². The minimum absolute atomic E-state index is 0.195. The van der Waals surface area contributed by atoms with Crippen LogP contribution in [0.5, 0.6) is 0 Å². The number of aromatic nitrogens is 4. The minimum Gasteiger partial charge on any atom is -0.347 e. The van der Waals surface area contributed by atoms with E-state index in [1.165, 1.54) is 5.56 Å². The molecule has 1 aliphatic heterocycles. The molecule has 0 aliphatic carbocycles. The van der Waals surface area contributed by atoms with Crippen LogP contribution >= 0.6 is 0 Å². The van der Waals surface area contributed by atoms with E-state index in [9.17, 15) is 4.79 Å². The average Bonchev–Trinajstić information content (AvgIpc) is 3.39. The maximum Gasteiger partial charge on any atom is 0.224 e. The summed E-state index contributed by atoms with van der Waals surface area (Å²) in [6.07, 6.45) is 8.88. The van der Waals surface area contributed by atoms with Gasteiger partial charge < -0.3 is 14.5 Å². The van der Waals surface area contributed by atoms with Gasteiger partial charge in [-0.05, 0) is 18.4 Å². The molecule has 0 saturated carbocycles. The van der Waals surface area contributed by atoms with Crippen LogP contribution in [0.3, 0.4) is 0 Å². The first-order valence-corrected chi connectivity index (χ1v) is 10.1. The van der Waals surface area contributed by atoms with Crippen LogP contribution in [-0.4, -0.2) is 36.9 Å². The first kappa shape index (κ1) is 18.5. The molecule has 1 N–H and O–H groups in total. The summed E-state index contributed by atoms with van der Waals surface area (Å²) in [6, 6.07) is 10.5. The van der Waals surface area contributed by atoms with Crippen molar-refractivity contribution in [3.8, 4) is 0 Å². The molecule has 28 heavy (non-hydrogen) atoms. The number of nitrogens with zero attached hydrogens (tertiary/aromatic N) is 4. The molecule has 1 unspecified atom stereocenters. The van der Waals surface area contributed by atoms with Crippen molar-refractivity contribution < 1.29 is 4.79 Å². The van der Waals surface area contributed by atoms with E-state index in [0.717, 1.165) is 43.0 Å². The number of H-pyrrole nitrogens is 1. The van der Waals surface area contributed by atoms with Crippen LogP contribution in [0.4, 0.5) is 0 Å². The molecule has 0 radical (unpaired) electrons. The molecule has 1 aliphatic rings. The van der Waals surface area contributed by atoms with Crippen molar-refractivity contribution in [1.82, 2.24) is 24.4 Å². The lowest BCUT2D eigenvalue weighted by Gasteiger charge is -2.32. The van der Waals surface area contributed by atoms with Gasteiger partial charge in [0.05, 0.1) is 24.3 Å². The molecule has 3 aromatic rings. The molecule has 0 saturated heterocycles. The zero-order valence-corrected chi connectivity index (χ0v) is 16.3. The van der Waals surface area contributed by atoms with Crippen LogP contribution in [0, 0.1) is 0 Å². The molecule has 1 atom stereocenters. The van der Waals surface area contributed by atoms with Gasteiger partial charge in [0.1, 0.15) is 5.82 Å². The fourth-order valence-electron chi connectivity index (χ4n) is 4.05. The molecule has 2 aromatic heterocycles. The third-order valence-electron chi connectivity index (χ3n) is 5.59. The molecule has 146 valence electrons. The van der Waals surface area contributed by atoms with Gasteiger partial charge in [-0.15, -0.1) is 0 Å². The van der Waals surface area contributed by atoms with Crippen molar-refractivity contribution in [3.63, 3.8) is 0 Å². The molecule has 1 amide bonds. The highest BCUT2D eigenvalue weighted by Crippen LogP contribution is 2.30. The van der Waals surface area contributed by atoms with Crippen LogP contribution in [0.15, 0.2) is 49.1 Å². The molecule has 0 bridgehead atoms. The Hall–Kier alpha value is -2.89.